The Bertz CT molecular complexity index is 325. The van der Waals surface area contributed by atoms with Crippen LogP contribution in [0.3, 0.4) is 0 Å². The van der Waals surface area contributed by atoms with Crippen molar-refractivity contribution in [3.8, 4) is 5.75 Å². The molecule has 4 nitrogen and oxygen atoms in total. The van der Waals surface area contributed by atoms with Crippen LogP contribution in [-0.2, 0) is 6.54 Å². The van der Waals surface area contributed by atoms with Gasteiger partial charge < -0.3 is 20.5 Å². The molecule has 0 aliphatic carbocycles. The minimum absolute atomic E-state index is 0.239. The van der Waals surface area contributed by atoms with Crippen LogP contribution in [0.5, 0.6) is 5.75 Å². The van der Waals surface area contributed by atoms with E-state index in [1.807, 2.05) is 38.2 Å². The van der Waals surface area contributed by atoms with Crippen molar-refractivity contribution in [1.29, 1.82) is 0 Å². The first-order valence-corrected chi connectivity index (χ1v) is 6.40. The molecule has 0 aliphatic rings. The van der Waals surface area contributed by atoms with E-state index in [-0.39, 0.29) is 6.10 Å². The molecule has 1 atom stereocenters. The van der Waals surface area contributed by atoms with Crippen LogP contribution in [0.1, 0.15) is 18.9 Å². The van der Waals surface area contributed by atoms with E-state index in [2.05, 4.69) is 4.90 Å². The zero-order chi connectivity index (χ0) is 13.4. The summed E-state index contributed by atoms with van der Waals surface area (Å²) in [6, 6.07) is 7.84. The van der Waals surface area contributed by atoms with Gasteiger partial charge in [0.2, 0.25) is 0 Å². The second-order valence-corrected chi connectivity index (χ2v) is 4.64. The van der Waals surface area contributed by atoms with Gasteiger partial charge in [0, 0.05) is 19.6 Å². The second-order valence-electron chi connectivity index (χ2n) is 4.64. The first kappa shape index (κ1) is 15.0. The highest BCUT2D eigenvalue weighted by molar-refractivity contribution is 5.27. The number of aliphatic hydroxyl groups excluding tert-OH is 1. The van der Waals surface area contributed by atoms with Crippen LogP contribution in [0.2, 0.25) is 0 Å². The number of hydrogen-bond acceptors (Lipinski definition) is 4. The standard InChI is InChI=1S/C14H24N2O2/c1-12(17)7-8-16(2)9-10-18-14-5-3-13(11-15)4-6-14/h3-6,12,17H,7-11,15H2,1-2H3. The molecule has 0 saturated heterocycles. The Morgan fingerprint density at radius 3 is 2.50 bits per heavy atom. The van der Waals surface area contributed by atoms with Crippen LogP contribution in [-0.4, -0.2) is 42.9 Å². The van der Waals surface area contributed by atoms with E-state index in [1.54, 1.807) is 0 Å². The highest BCUT2D eigenvalue weighted by atomic mass is 16.5. The van der Waals surface area contributed by atoms with Crippen molar-refractivity contribution >= 4 is 0 Å². The van der Waals surface area contributed by atoms with Crippen LogP contribution in [0.15, 0.2) is 24.3 Å². The average Bonchev–Trinajstić information content (AvgIpc) is 2.37. The molecule has 0 radical (unpaired) electrons. The molecule has 1 rings (SSSR count). The molecule has 0 fully saturated rings. The monoisotopic (exact) mass is 252 g/mol. The molecule has 1 aromatic rings. The largest absolute Gasteiger partial charge is 0.492 e. The second kappa shape index (κ2) is 8.08. The quantitative estimate of drug-likeness (QED) is 0.730. The van der Waals surface area contributed by atoms with Crippen molar-refractivity contribution in [3.05, 3.63) is 29.8 Å². The SMILES string of the molecule is CC(O)CCN(C)CCOc1ccc(CN)cc1. The molecule has 0 aliphatic heterocycles. The number of likely N-dealkylation sites (N-methyl/N-ethyl adjacent to an activating group) is 1. The summed E-state index contributed by atoms with van der Waals surface area (Å²) < 4.78 is 5.64. The fourth-order valence-corrected chi connectivity index (χ4v) is 1.56. The number of ether oxygens (including phenoxy) is 1. The minimum atomic E-state index is -0.239. The lowest BCUT2D eigenvalue weighted by Crippen LogP contribution is -2.27. The van der Waals surface area contributed by atoms with Crippen molar-refractivity contribution in [2.24, 2.45) is 5.73 Å². The summed E-state index contributed by atoms with van der Waals surface area (Å²) in [6.45, 7) is 4.75. The van der Waals surface area contributed by atoms with Gasteiger partial charge in [-0.25, -0.2) is 0 Å². The van der Waals surface area contributed by atoms with E-state index in [4.69, 9.17) is 10.5 Å². The smallest absolute Gasteiger partial charge is 0.119 e. The number of aliphatic hydroxyl groups is 1. The predicted molar refractivity (Wildman–Crippen MR) is 73.6 cm³/mol. The Hall–Kier alpha value is -1.10. The van der Waals surface area contributed by atoms with Gasteiger partial charge in [0.05, 0.1) is 6.10 Å². The molecule has 1 aromatic carbocycles. The minimum Gasteiger partial charge on any atom is -0.492 e. The number of nitrogens with two attached hydrogens (primary N) is 1. The summed E-state index contributed by atoms with van der Waals surface area (Å²) >= 11 is 0. The molecule has 0 aromatic heterocycles. The molecule has 0 bridgehead atoms. The van der Waals surface area contributed by atoms with E-state index in [1.165, 1.54) is 0 Å². The van der Waals surface area contributed by atoms with Gasteiger partial charge in [-0.15, -0.1) is 0 Å². The van der Waals surface area contributed by atoms with Gasteiger partial charge in [0.15, 0.2) is 0 Å². The summed E-state index contributed by atoms with van der Waals surface area (Å²) in [5.41, 5.74) is 6.64. The Labute approximate surface area is 109 Å². The predicted octanol–water partition coefficient (Wildman–Crippen LogP) is 1.23. The first-order chi connectivity index (χ1) is 8.61. The van der Waals surface area contributed by atoms with E-state index in [0.717, 1.165) is 30.8 Å². The summed E-state index contributed by atoms with van der Waals surface area (Å²) in [7, 11) is 2.03. The Morgan fingerprint density at radius 2 is 1.94 bits per heavy atom. The van der Waals surface area contributed by atoms with E-state index in [9.17, 15) is 5.11 Å². The van der Waals surface area contributed by atoms with Crippen LogP contribution in [0.25, 0.3) is 0 Å². The van der Waals surface area contributed by atoms with Gasteiger partial charge in [-0.05, 0) is 38.1 Å². The van der Waals surface area contributed by atoms with Crippen LogP contribution < -0.4 is 10.5 Å². The number of rotatable bonds is 8. The van der Waals surface area contributed by atoms with Crippen molar-refractivity contribution < 1.29 is 9.84 Å². The van der Waals surface area contributed by atoms with Gasteiger partial charge in [-0.2, -0.15) is 0 Å². The maximum atomic E-state index is 9.19. The molecule has 1 unspecified atom stereocenters. The first-order valence-electron chi connectivity index (χ1n) is 6.40. The third kappa shape index (κ3) is 6.00. The lowest BCUT2D eigenvalue weighted by Gasteiger charge is -2.17. The molecular weight excluding hydrogens is 228 g/mol. The Kier molecular flexibility index (Phi) is 6.72. The highest BCUT2D eigenvalue weighted by Crippen LogP contribution is 2.11. The Balaban J connectivity index is 2.20. The van der Waals surface area contributed by atoms with E-state index < -0.39 is 0 Å². The topological polar surface area (TPSA) is 58.7 Å². The molecule has 0 amide bonds. The van der Waals surface area contributed by atoms with Crippen molar-refractivity contribution in [2.75, 3.05) is 26.7 Å². The van der Waals surface area contributed by atoms with Crippen molar-refractivity contribution in [1.82, 2.24) is 4.90 Å². The van der Waals surface area contributed by atoms with Gasteiger partial charge in [-0.3, -0.25) is 0 Å². The zero-order valence-electron chi connectivity index (χ0n) is 11.3. The highest BCUT2D eigenvalue weighted by Gasteiger charge is 2.02. The van der Waals surface area contributed by atoms with E-state index in [0.29, 0.717) is 13.2 Å². The fourth-order valence-electron chi connectivity index (χ4n) is 1.56. The number of hydrogen-bond donors (Lipinski definition) is 2. The molecule has 102 valence electrons. The summed E-state index contributed by atoms with van der Waals surface area (Å²) in [5.74, 6) is 0.871. The normalized spacial score (nSPS) is 12.7. The summed E-state index contributed by atoms with van der Waals surface area (Å²) in [5, 5.41) is 9.19. The van der Waals surface area contributed by atoms with Crippen LogP contribution in [0.4, 0.5) is 0 Å². The van der Waals surface area contributed by atoms with Gasteiger partial charge in [-0.1, -0.05) is 12.1 Å². The third-order valence-corrected chi connectivity index (χ3v) is 2.83. The summed E-state index contributed by atoms with van der Waals surface area (Å²) in [6.07, 6.45) is 0.555. The molecule has 0 spiro atoms. The molecule has 4 heteroatoms. The zero-order valence-corrected chi connectivity index (χ0v) is 11.3. The van der Waals surface area contributed by atoms with Crippen molar-refractivity contribution in [3.63, 3.8) is 0 Å². The number of nitrogens with zero attached hydrogens (tertiary/aromatic N) is 1. The molecule has 0 saturated carbocycles. The van der Waals surface area contributed by atoms with Crippen molar-refractivity contribution in [2.45, 2.75) is 26.0 Å². The molecule has 18 heavy (non-hydrogen) atoms. The van der Waals surface area contributed by atoms with Gasteiger partial charge >= 0.3 is 0 Å². The fraction of sp³-hybridized carbons (Fsp3) is 0.571. The van der Waals surface area contributed by atoms with Gasteiger partial charge in [0.1, 0.15) is 12.4 Å². The summed E-state index contributed by atoms with van der Waals surface area (Å²) in [4.78, 5) is 2.15. The van der Waals surface area contributed by atoms with Gasteiger partial charge in [0.25, 0.3) is 0 Å². The van der Waals surface area contributed by atoms with E-state index >= 15 is 0 Å². The Morgan fingerprint density at radius 1 is 1.28 bits per heavy atom. The average molecular weight is 252 g/mol. The van der Waals surface area contributed by atoms with Crippen LogP contribution >= 0.6 is 0 Å². The molecule has 3 N–H and O–H groups in total. The third-order valence-electron chi connectivity index (χ3n) is 2.83. The molecule has 0 heterocycles. The maximum Gasteiger partial charge on any atom is 0.119 e. The maximum absolute atomic E-state index is 9.19. The lowest BCUT2D eigenvalue weighted by atomic mass is 10.2. The molecular formula is C14H24N2O2. The lowest BCUT2D eigenvalue weighted by molar-refractivity contribution is 0.157. The van der Waals surface area contributed by atoms with Crippen LogP contribution in [0, 0.1) is 0 Å². The number of benzene rings is 1.